The van der Waals surface area contributed by atoms with Gasteiger partial charge in [-0.05, 0) is 5.04 Å². The van der Waals surface area contributed by atoms with Crippen LogP contribution in [0.2, 0.25) is 1.41 Å². The van der Waals surface area contributed by atoms with Gasteiger partial charge in [0.25, 0.3) is 0 Å². The van der Waals surface area contributed by atoms with Crippen molar-refractivity contribution in [2.45, 2.75) is 0 Å². The van der Waals surface area contributed by atoms with E-state index in [1.54, 1.807) is 0 Å². The highest BCUT2D eigenvalue weighted by Crippen LogP contribution is 1.55. The van der Waals surface area contributed by atoms with Crippen molar-refractivity contribution in [3.8, 4) is 0 Å². The summed E-state index contributed by atoms with van der Waals surface area (Å²) in [5.41, 5.74) is 0. The van der Waals surface area contributed by atoms with Crippen LogP contribution in [0.1, 0.15) is 0 Å². The molecular weight excluding hydrogens is 74.0 g/mol. The average molecular weight is 78.0 g/mol. The molecule has 2 N–H and O–H groups in total. The molecule has 30 valence electrons. The molecule has 0 aromatic heterocycles. The molecule has 0 heterocycles. The SMILES string of the molecule is [2H]N=COOO. The molecule has 0 bridgehead atoms. The van der Waals surface area contributed by atoms with E-state index in [-0.39, 0.29) is 0 Å². The summed E-state index contributed by atoms with van der Waals surface area (Å²) < 4.78 is 5.96. The van der Waals surface area contributed by atoms with E-state index in [1.165, 1.54) is 0 Å². The predicted octanol–water partition coefficient (Wildman–Crippen LogP) is 0.0147. The van der Waals surface area contributed by atoms with Gasteiger partial charge in [-0.1, -0.05) is 0 Å². The maximum absolute atomic E-state index is 7.30. The maximum Gasteiger partial charge on any atom is 0.215 e. The molecule has 0 aromatic carbocycles. The maximum atomic E-state index is 7.30. The normalized spacial score (nSPS) is 11.8. The van der Waals surface area contributed by atoms with Crippen molar-refractivity contribution >= 4 is 6.40 Å². The molecule has 0 fully saturated rings. The van der Waals surface area contributed by atoms with Gasteiger partial charge < -0.3 is 0 Å². The molecule has 0 aliphatic heterocycles. The molecule has 0 aromatic rings. The lowest BCUT2D eigenvalue weighted by Gasteiger charge is -1.78. The van der Waals surface area contributed by atoms with Crippen LogP contribution in [0.4, 0.5) is 0 Å². The van der Waals surface area contributed by atoms with Crippen LogP contribution >= 0.6 is 0 Å². The lowest BCUT2D eigenvalue weighted by Crippen LogP contribution is -1.80. The largest absolute Gasteiger partial charge is 0.297 e. The fourth-order valence-corrected chi connectivity index (χ4v) is 0.0192. The molecule has 0 aliphatic rings. The summed E-state index contributed by atoms with van der Waals surface area (Å²) >= 11 is 0. The van der Waals surface area contributed by atoms with Crippen LogP contribution < -0.4 is 0 Å². The summed E-state index contributed by atoms with van der Waals surface area (Å²) in [7, 11) is 0. The Labute approximate surface area is 29.8 Å². The van der Waals surface area contributed by atoms with Gasteiger partial charge in [-0.3, -0.25) is 10.3 Å². The van der Waals surface area contributed by atoms with Gasteiger partial charge >= 0.3 is 0 Å². The Morgan fingerprint density at radius 2 is 3.00 bits per heavy atom. The molecule has 5 heavy (non-hydrogen) atoms. The van der Waals surface area contributed by atoms with Crippen molar-refractivity contribution in [3.63, 3.8) is 0 Å². The molecule has 0 saturated carbocycles. The highest BCUT2D eigenvalue weighted by Gasteiger charge is 1.58. The first-order chi connectivity index (χ1) is 2.91. The van der Waals surface area contributed by atoms with Crippen LogP contribution in [0.3, 0.4) is 0 Å². The van der Waals surface area contributed by atoms with Gasteiger partial charge in [0.15, 0.2) is 1.41 Å². The predicted molar refractivity (Wildman–Crippen MR) is 13.6 cm³/mol. The van der Waals surface area contributed by atoms with E-state index < -0.39 is 0 Å². The Bertz CT molecular complexity index is 46.1. The molecule has 4 heteroatoms. The Kier molecular flexibility index (Phi) is 1.77. The van der Waals surface area contributed by atoms with Crippen molar-refractivity contribution in [2.24, 2.45) is 0 Å². The van der Waals surface area contributed by atoms with Crippen LogP contribution in [-0.4, -0.2) is 11.7 Å². The standard InChI is InChI=1S/CH3NO3/c2-1-4-5-3/h1-3H/i/hD. The lowest BCUT2D eigenvalue weighted by atomic mass is 11.6. The summed E-state index contributed by atoms with van der Waals surface area (Å²) in [5.74, 6) is 0. The molecule has 0 saturated heterocycles. The summed E-state index contributed by atoms with van der Waals surface area (Å²) in [4.78, 5) is 3.56. The summed E-state index contributed by atoms with van der Waals surface area (Å²) in [6, 6.07) is 0. The van der Waals surface area contributed by atoms with Gasteiger partial charge in [-0.2, -0.15) is 0 Å². The van der Waals surface area contributed by atoms with Crippen molar-refractivity contribution in [1.82, 2.24) is 0 Å². The zero-order valence-corrected chi connectivity index (χ0v) is 2.29. The fraction of sp³-hybridized carbons (Fsp3) is 0. The van der Waals surface area contributed by atoms with E-state index in [1.807, 2.05) is 0 Å². The fourth-order valence-electron chi connectivity index (χ4n) is 0.0192. The molecule has 0 rings (SSSR count). The Morgan fingerprint density at radius 1 is 2.20 bits per heavy atom. The third kappa shape index (κ3) is 3.39. The van der Waals surface area contributed by atoms with Crippen LogP contribution in [-0.2, 0) is 9.93 Å². The summed E-state index contributed by atoms with van der Waals surface area (Å²) in [6.45, 7) is 0. The first-order valence-electron chi connectivity index (χ1n) is 1.29. The van der Waals surface area contributed by atoms with Gasteiger partial charge in [0.05, 0.1) is 0 Å². The Balaban J connectivity index is 2.66. The minimum absolute atomic E-state index is 0.625. The van der Waals surface area contributed by atoms with Crippen LogP contribution in [0, 0.1) is 5.40 Å². The van der Waals surface area contributed by atoms with Crippen molar-refractivity contribution in [3.05, 3.63) is 0 Å². The molecule has 4 nitrogen and oxygen atoms in total. The zero-order chi connectivity index (χ0) is 4.83. The topological polar surface area (TPSA) is 62.5 Å². The Hall–Kier alpha value is -0.610. The molecular formula is CH3NO3. The van der Waals surface area contributed by atoms with Gasteiger partial charge in [0.2, 0.25) is 6.40 Å². The summed E-state index contributed by atoms with van der Waals surface area (Å²) in [6.07, 6.45) is 0.625. The quantitative estimate of drug-likeness (QED) is 0.212. The smallest absolute Gasteiger partial charge is 0.215 e. The van der Waals surface area contributed by atoms with Gasteiger partial charge in [-0.15, -0.1) is 0 Å². The van der Waals surface area contributed by atoms with E-state index in [0.717, 1.165) is 0 Å². The molecule has 0 unspecified atom stereocenters. The lowest BCUT2D eigenvalue weighted by molar-refractivity contribution is -0.447. The second-order valence-electron chi connectivity index (χ2n) is 0.276. The van der Waals surface area contributed by atoms with Gasteiger partial charge in [0.1, 0.15) is 0 Å². The van der Waals surface area contributed by atoms with E-state index in [9.17, 15) is 0 Å². The van der Waals surface area contributed by atoms with Gasteiger partial charge in [-0.25, -0.2) is 5.26 Å². The average Bonchev–Trinajstić information content (AvgIpc) is 1.61. The third-order valence-corrected chi connectivity index (χ3v) is 0.0861. The van der Waals surface area contributed by atoms with Crippen molar-refractivity contribution < 1.29 is 16.6 Å². The summed E-state index contributed by atoms with van der Waals surface area (Å²) in [5, 5.41) is 12.9. The number of rotatable bonds is 2. The number of nitrogens with one attached hydrogen (secondary N) is 1. The second-order valence-corrected chi connectivity index (χ2v) is 0.276. The monoisotopic (exact) mass is 78.0 g/mol. The molecule has 0 amide bonds. The second kappa shape index (κ2) is 3.39. The minimum atomic E-state index is 0.625. The molecule has 0 spiro atoms. The van der Waals surface area contributed by atoms with E-state index in [2.05, 4.69) is 15.3 Å². The molecule has 0 radical (unpaired) electrons. The first kappa shape index (κ1) is 2.62. The van der Waals surface area contributed by atoms with Crippen molar-refractivity contribution in [2.75, 3.05) is 0 Å². The van der Waals surface area contributed by atoms with Gasteiger partial charge in [0, 0.05) is 0 Å². The van der Waals surface area contributed by atoms with Crippen LogP contribution in [0.5, 0.6) is 0 Å². The highest BCUT2D eigenvalue weighted by molar-refractivity contribution is 5.39. The molecule has 0 atom stereocenters. The van der Waals surface area contributed by atoms with Crippen LogP contribution in [0.15, 0.2) is 0 Å². The number of hydrogen-bond acceptors (Lipinski definition) is 4. The van der Waals surface area contributed by atoms with Crippen LogP contribution in [0.25, 0.3) is 0 Å². The van der Waals surface area contributed by atoms with E-state index in [0.29, 0.717) is 6.40 Å². The van der Waals surface area contributed by atoms with E-state index in [4.69, 9.17) is 6.67 Å². The third-order valence-electron chi connectivity index (χ3n) is 0.0861. The zero-order valence-electron chi connectivity index (χ0n) is 3.29. The first-order valence-corrected chi connectivity index (χ1v) is 0.843. The minimum Gasteiger partial charge on any atom is -0.297 e. The van der Waals surface area contributed by atoms with Crippen molar-refractivity contribution in [1.29, 1.82) is 5.40 Å². The highest BCUT2D eigenvalue weighted by atomic mass is 17.5. The molecule has 0 aliphatic carbocycles. The Morgan fingerprint density at radius 3 is 3.20 bits per heavy atom. The number of hydrogen-bond donors (Lipinski definition) is 2. The van der Waals surface area contributed by atoms with E-state index >= 15 is 0 Å².